The van der Waals surface area contributed by atoms with Gasteiger partial charge in [0.2, 0.25) is 0 Å². The molecule has 1 aromatic rings. The Morgan fingerprint density at radius 2 is 1.78 bits per heavy atom. The fraction of sp³-hybridized carbons (Fsp3) is 0.385. The molecule has 0 N–H and O–H groups in total. The second kappa shape index (κ2) is 5.53. The third-order valence-electron chi connectivity index (χ3n) is 2.75. The van der Waals surface area contributed by atoms with Crippen LogP contribution in [0.2, 0.25) is 0 Å². The van der Waals surface area contributed by atoms with Gasteiger partial charge in [-0.05, 0) is 31.5 Å². The molecular formula is C13H14O5-2. The first-order valence-corrected chi connectivity index (χ1v) is 5.54. The molecule has 18 heavy (non-hydrogen) atoms. The average Bonchev–Trinajstić information content (AvgIpc) is 2.29. The van der Waals surface area contributed by atoms with Gasteiger partial charge in [-0.25, -0.2) is 0 Å². The summed E-state index contributed by atoms with van der Waals surface area (Å²) in [6, 6.07) is 6.22. The lowest BCUT2D eigenvalue weighted by Gasteiger charge is -2.31. The Morgan fingerprint density at radius 1 is 1.22 bits per heavy atom. The van der Waals surface area contributed by atoms with Crippen molar-refractivity contribution in [1.82, 2.24) is 0 Å². The summed E-state index contributed by atoms with van der Waals surface area (Å²) in [6.07, 6.45) is -0.636. The average molecular weight is 250 g/mol. The van der Waals surface area contributed by atoms with Crippen LogP contribution < -0.4 is 14.9 Å². The molecule has 0 aliphatic carbocycles. The first-order valence-electron chi connectivity index (χ1n) is 5.54. The van der Waals surface area contributed by atoms with E-state index in [0.29, 0.717) is 17.9 Å². The highest BCUT2D eigenvalue weighted by Crippen LogP contribution is 2.28. The Morgan fingerprint density at radius 3 is 2.17 bits per heavy atom. The van der Waals surface area contributed by atoms with E-state index in [0.717, 1.165) is 0 Å². The van der Waals surface area contributed by atoms with E-state index in [1.165, 1.54) is 19.1 Å². The molecule has 0 aliphatic heterocycles. The Hall–Kier alpha value is -2.04. The van der Waals surface area contributed by atoms with Crippen LogP contribution in [0.25, 0.3) is 0 Å². The van der Waals surface area contributed by atoms with Crippen LogP contribution in [0.5, 0.6) is 5.75 Å². The summed E-state index contributed by atoms with van der Waals surface area (Å²) in [5.41, 5.74) is -1.26. The van der Waals surface area contributed by atoms with E-state index in [4.69, 9.17) is 4.74 Å². The zero-order valence-electron chi connectivity index (χ0n) is 10.3. The normalized spacial score (nSPS) is 13.7. The van der Waals surface area contributed by atoms with Crippen LogP contribution in [0, 0.1) is 0 Å². The van der Waals surface area contributed by atoms with Gasteiger partial charge < -0.3 is 24.5 Å². The van der Waals surface area contributed by atoms with Crippen LogP contribution in [0.4, 0.5) is 0 Å². The molecule has 0 saturated heterocycles. The minimum absolute atomic E-state index is 0.343. The maximum atomic E-state index is 11.1. The smallest absolute Gasteiger partial charge is 0.119 e. The third-order valence-corrected chi connectivity index (χ3v) is 2.75. The molecule has 1 atom stereocenters. The molecule has 0 heterocycles. The zero-order valence-corrected chi connectivity index (χ0v) is 10.3. The molecule has 0 amide bonds. The monoisotopic (exact) mass is 250 g/mol. The minimum atomic E-state index is -1.61. The van der Waals surface area contributed by atoms with Crippen LogP contribution in [0.15, 0.2) is 24.3 Å². The highest BCUT2D eigenvalue weighted by Gasteiger charge is 2.28. The summed E-state index contributed by atoms with van der Waals surface area (Å²) in [4.78, 5) is 21.8. The van der Waals surface area contributed by atoms with Crippen molar-refractivity contribution in [2.24, 2.45) is 0 Å². The quantitative estimate of drug-likeness (QED) is 0.661. The molecule has 0 saturated carbocycles. The fourth-order valence-corrected chi connectivity index (χ4v) is 1.67. The summed E-state index contributed by atoms with van der Waals surface area (Å²) < 4.78 is 5.22. The van der Waals surface area contributed by atoms with Crippen molar-refractivity contribution in [2.45, 2.75) is 25.7 Å². The van der Waals surface area contributed by atoms with Crippen molar-refractivity contribution in [3.63, 3.8) is 0 Å². The van der Waals surface area contributed by atoms with Crippen molar-refractivity contribution in [3.8, 4) is 5.75 Å². The van der Waals surface area contributed by atoms with Crippen molar-refractivity contribution in [1.29, 1.82) is 0 Å². The lowest BCUT2D eigenvalue weighted by molar-refractivity contribution is -0.322. The van der Waals surface area contributed by atoms with Gasteiger partial charge in [-0.3, -0.25) is 0 Å². The number of carbonyl (C=O) groups excluding carboxylic acids is 2. The van der Waals surface area contributed by atoms with Gasteiger partial charge in [0.05, 0.1) is 12.6 Å². The van der Waals surface area contributed by atoms with E-state index in [-0.39, 0.29) is 0 Å². The number of hydrogen-bond donors (Lipinski definition) is 0. The van der Waals surface area contributed by atoms with Crippen LogP contribution >= 0.6 is 0 Å². The standard InChI is InChI=1S/C13H16O5/c1-3-18-10-6-4-9(5-7-10)13(2,12(16)17)8-11(14)15/h4-7H,3,8H2,1-2H3,(H,14,15)(H,16,17)/p-2. The SMILES string of the molecule is CCOc1ccc(C(C)(CC(=O)[O-])C(=O)[O-])cc1. The molecule has 1 unspecified atom stereocenters. The van der Waals surface area contributed by atoms with Crippen molar-refractivity contribution in [2.75, 3.05) is 6.61 Å². The van der Waals surface area contributed by atoms with Gasteiger partial charge in [0.1, 0.15) is 5.75 Å². The van der Waals surface area contributed by atoms with Crippen molar-refractivity contribution >= 4 is 11.9 Å². The summed E-state index contributed by atoms with van der Waals surface area (Å²) >= 11 is 0. The first-order chi connectivity index (χ1) is 8.40. The van der Waals surface area contributed by atoms with Crippen LogP contribution in [-0.4, -0.2) is 18.5 Å². The highest BCUT2D eigenvalue weighted by molar-refractivity contribution is 5.84. The molecule has 0 spiro atoms. The zero-order chi connectivity index (χ0) is 13.8. The van der Waals surface area contributed by atoms with Gasteiger partial charge >= 0.3 is 0 Å². The molecule has 1 aromatic carbocycles. The van der Waals surface area contributed by atoms with Gasteiger partial charge in [-0.15, -0.1) is 0 Å². The third kappa shape index (κ3) is 3.00. The van der Waals surface area contributed by atoms with E-state index in [1.54, 1.807) is 12.1 Å². The summed E-state index contributed by atoms with van der Waals surface area (Å²) in [6.45, 7) is 3.62. The van der Waals surface area contributed by atoms with E-state index >= 15 is 0 Å². The lowest BCUT2D eigenvalue weighted by atomic mass is 9.79. The van der Waals surface area contributed by atoms with E-state index in [9.17, 15) is 19.8 Å². The van der Waals surface area contributed by atoms with Gasteiger partial charge in [0.25, 0.3) is 0 Å². The Kier molecular flexibility index (Phi) is 4.31. The molecule has 1 rings (SSSR count). The maximum Gasteiger partial charge on any atom is 0.119 e. The number of carbonyl (C=O) groups is 2. The molecule has 5 heteroatoms. The van der Waals surface area contributed by atoms with Gasteiger partial charge in [-0.2, -0.15) is 0 Å². The lowest BCUT2D eigenvalue weighted by Crippen LogP contribution is -2.47. The van der Waals surface area contributed by atoms with Crippen LogP contribution in [0.1, 0.15) is 25.8 Å². The number of carboxylic acid groups (broad SMARTS) is 2. The maximum absolute atomic E-state index is 11.1. The molecule has 0 aromatic heterocycles. The number of ether oxygens (including phenoxy) is 1. The van der Waals surface area contributed by atoms with E-state index in [1.807, 2.05) is 6.92 Å². The van der Waals surface area contributed by atoms with Gasteiger partial charge in [-0.1, -0.05) is 12.1 Å². The Balaban J connectivity index is 3.06. The van der Waals surface area contributed by atoms with Crippen molar-refractivity contribution < 1.29 is 24.5 Å². The predicted molar refractivity (Wildman–Crippen MR) is 59.6 cm³/mol. The van der Waals surface area contributed by atoms with Crippen LogP contribution in [-0.2, 0) is 15.0 Å². The van der Waals surface area contributed by atoms with Gasteiger partial charge in [0.15, 0.2) is 0 Å². The summed E-state index contributed by atoms with van der Waals surface area (Å²) in [7, 11) is 0. The summed E-state index contributed by atoms with van der Waals surface area (Å²) in [5, 5.41) is 21.8. The Bertz CT molecular complexity index is 437. The number of aliphatic carboxylic acids is 2. The van der Waals surface area contributed by atoms with Crippen LogP contribution in [0.3, 0.4) is 0 Å². The molecule has 0 aliphatic rings. The largest absolute Gasteiger partial charge is 0.550 e. The Labute approximate surface area is 105 Å². The minimum Gasteiger partial charge on any atom is -0.550 e. The number of benzene rings is 1. The molecule has 0 bridgehead atoms. The topological polar surface area (TPSA) is 89.5 Å². The first kappa shape index (κ1) is 14.0. The van der Waals surface area contributed by atoms with Gasteiger partial charge in [0, 0.05) is 17.8 Å². The highest BCUT2D eigenvalue weighted by atomic mass is 16.5. The number of carboxylic acids is 2. The number of rotatable bonds is 6. The van der Waals surface area contributed by atoms with E-state index in [2.05, 4.69) is 0 Å². The predicted octanol–water partition coefficient (Wildman–Crippen LogP) is -0.767. The van der Waals surface area contributed by atoms with Crippen molar-refractivity contribution in [3.05, 3.63) is 29.8 Å². The molecule has 98 valence electrons. The molecular weight excluding hydrogens is 236 g/mol. The molecule has 5 nitrogen and oxygen atoms in total. The second-order valence-corrected chi connectivity index (χ2v) is 4.13. The second-order valence-electron chi connectivity index (χ2n) is 4.13. The number of hydrogen-bond acceptors (Lipinski definition) is 5. The molecule has 0 radical (unpaired) electrons. The molecule has 0 fully saturated rings. The summed E-state index contributed by atoms with van der Waals surface area (Å²) in [5.74, 6) is -2.29. The fourth-order valence-electron chi connectivity index (χ4n) is 1.67. The van der Waals surface area contributed by atoms with E-state index < -0.39 is 23.8 Å².